The average molecular weight is 363 g/mol. The Labute approximate surface area is 156 Å². The number of H-pyrrole nitrogens is 2. The lowest BCUT2D eigenvalue weighted by Gasteiger charge is -2.35. The van der Waals surface area contributed by atoms with Gasteiger partial charge in [0.25, 0.3) is 5.56 Å². The molecule has 2 N–H and O–H groups in total. The molecule has 0 saturated carbocycles. The molecule has 138 valence electrons. The van der Waals surface area contributed by atoms with Crippen molar-refractivity contribution in [2.75, 3.05) is 18.0 Å². The van der Waals surface area contributed by atoms with Gasteiger partial charge in [0.05, 0.1) is 16.9 Å². The molecule has 2 aromatic heterocycles. The minimum absolute atomic E-state index is 0.306. The van der Waals surface area contributed by atoms with E-state index in [1.807, 2.05) is 19.1 Å². The first kappa shape index (κ1) is 17.2. The first-order valence-corrected chi connectivity index (χ1v) is 9.08. The molecule has 1 aliphatic rings. The monoisotopic (exact) mass is 363 g/mol. The molecule has 1 unspecified atom stereocenters. The summed E-state index contributed by atoms with van der Waals surface area (Å²) >= 11 is 0. The molecular formula is C20H21N5O2. The molecule has 0 radical (unpaired) electrons. The Morgan fingerprint density at radius 2 is 1.96 bits per heavy atom. The quantitative estimate of drug-likeness (QED) is 0.744. The summed E-state index contributed by atoms with van der Waals surface area (Å²) < 4.78 is 0. The van der Waals surface area contributed by atoms with Gasteiger partial charge in [-0.05, 0) is 31.4 Å². The maximum absolute atomic E-state index is 12.1. The van der Waals surface area contributed by atoms with E-state index in [-0.39, 0.29) is 0 Å². The van der Waals surface area contributed by atoms with Crippen LogP contribution in [0, 0.1) is 6.92 Å². The van der Waals surface area contributed by atoms with Crippen molar-refractivity contribution in [1.29, 1.82) is 0 Å². The predicted molar refractivity (Wildman–Crippen MR) is 104 cm³/mol. The van der Waals surface area contributed by atoms with Crippen molar-refractivity contribution in [2.45, 2.75) is 25.7 Å². The first-order chi connectivity index (χ1) is 13.1. The number of hydrogen-bond donors (Lipinski definition) is 2. The maximum atomic E-state index is 12.1. The molecule has 7 heteroatoms. The summed E-state index contributed by atoms with van der Waals surface area (Å²) in [5.74, 6) is 0.465. The second-order valence-corrected chi connectivity index (χ2v) is 6.88. The van der Waals surface area contributed by atoms with Crippen molar-refractivity contribution in [1.82, 2.24) is 20.2 Å². The molecule has 1 aliphatic heterocycles. The lowest BCUT2D eigenvalue weighted by atomic mass is 9.90. The van der Waals surface area contributed by atoms with E-state index in [0.717, 1.165) is 37.3 Å². The van der Waals surface area contributed by atoms with E-state index in [9.17, 15) is 9.59 Å². The van der Waals surface area contributed by atoms with Crippen LogP contribution in [-0.2, 0) is 0 Å². The van der Waals surface area contributed by atoms with E-state index in [1.165, 1.54) is 11.8 Å². The summed E-state index contributed by atoms with van der Waals surface area (Å²) in [4.78, 5) is 30.4. The molecule has 3 heterocycles. The molecule has 4 rings (SSSR count). The van der Waals surface area contributed by atoms with Gasteiger partial charge in [-0.15, -0.1) is 5.10 Å². The van der Waals surface area contributed by atoms with Gasteiger partial charge in [-0.2, -0.15) is 5.10 Å². The summed E-state index contributed by atoms with van der Waals surface area (Å²) in [6.45, 7) is 3.77. The SMILES string of the molecule is Cc1nnc(-c2c[nH]c(=O)[nH]c2=O)cc1N1CCCC(c2ccccc2)C1. The molecule has 27 heavy (non-hydrogen) atoms. The molecule has 0 amide bonds. The van der Waals surface area contributed by atoms with Crippen LogP contribution in [0.2, 0.25) is 0 Å². The van der Waals surface area contributed by atoms with Gasteiger partial charge in [-0.1, -0.05) is 30.3 Å². The topological polar surface area (TPSA) is 94.7 Å². The number of aromatic amines is 2. The molecule has 1 aromatic carbocycles. The number of hydrogen-bond acceptors (Lipinski definition) is 5. The summed E-state index contributed by atoms with van der Waals surface area (Å²) in [6, 6.07) is 12.4. The van der Waals surface area contributed by atoms with Gasteiger partial charge in [0.2, 0.25) is 0 Å². The van der Waals surface area contributed by atoms with E-state index < -0.39 is 11.2 Å². The Morgan fingerprint density at radius 3 is 2.74 bits per heavy atom. The highest BCUT2D eigenvalue weighted by Crippen LogP contribution is 2.31. The second-order valence-electron chi connectivity index (χ2n) is 6.88. The summed E-state index contributed by atoms with van der Waals surface area (Å²) in [5.41, 5.74) is 2.91. The normalized spacial score (nSPS) is 17.1. The number of aromatic nitrogens is 4. The van der Waals surface area contributed by atoms with Crippen LogP contribution in [0.1, 0.15) is 30.0 Å². The fourth-order valence-corrected chi connectivity index (χ4v) is 3.69. The average Bonchev–Trinajstić information content (AvgIpc) is 2.69. The molecule has 1 fully saturated rings. The van der Waals surface area contributed by atoms with E-state index in [0.29, 0.717) is 17.2 Å². The molecule has 0 aliphatic carbocycles. The molecule has 1 atom stereocenters. The molecular weight excluding hydrogens is 342 g/mol. The molecule has 3 aromatic rings. The van der Waals surface area contributed by atoms with E-state index in [4.69, 9.17) is 0 Å². The highest BCUT2D eigenvalue weighted by atomic mass is 16.2. The van der Waals surface area contributed by atoms with Crippen molar-refractivity contribution in [3.05, 3.63) is 74.7 Å². The molecule has 7 nitrogen and oxygen atoms in total. The van der Waals surface area contributed by atoms with Gasteiger partial charge in [-0.3, -0.25) is 9.78 Å². The fraction of sp³-hybridized carbons (Fsp3) is 0.300. The summed E-state index contributed by atoms with van der Waals surface area (Å²) in [5, 5.41) is 8.41. The highest BCUT2D eigenvalue weighted by Gasteiger charge is 2.23. The summed E-state index contributed by atoms with van der Waals surface area (Å²) in [7, 11) is 0. The third kappa shape index (κ3) is 3.53. The number of piperidine rings is 1. The van der Waals surface area contributed by atoms with Crippen LogP contribution in [-0.4, -0.2) is 33.3 Å². The number of aryl methyl sites for hydroxylation is 1. The zero-order valence-corrected chi connectivity index (χ0v) is 15.1. The smallest absolute Gasteiger partial charge is 0.325 e. The van der Waals surface area contributed by atoms with E-state index in [1.54, 1.807) is 0 Å². The van der Waals surface area contributed by atoms with Gasteiger partial charge in [0, 0.05) is 25.2 Å². The van der Waals surface area contributed by atoms with Crippen molar-refractivity contribution in [3.8, 4) is 11.3 Å². The van der Waals surface area contributed by atoms with Crippen LogP contribution in [0.15, 0.2) is 52.2 Å². The van der Waals surface area contributed by atoms with Crippen LogP contribution >= 0.6 is 0 Å². The first-order valence-electron chi connectivity index (χ1n) is 9.08. The lowest BCUT2D eigenvalue weighted by Crippen LogP contribution is -2.35. The predicted octanol–water partition coefficient (Wildman–Crippen LogP) is 2.21. The zero-order valence-electron chi connectivity index (χ0n) is 15.1. The van der Waals surface area contributed by atoms with Crippen molar-refractivity contribution < 1.29 is 0 Å². The van der Waals surface area contributed by atoms with Crippen LogP contribution in [0.25, 0.3) is 11.3 Å². The minimum atomic E-state index is -0.536. The Kier molecular flexibility index (Phi) is 4.58. The summed E-state index contributed by atoms with van der Waals surface area (Å²) in [6.07, 6.45) is 3.63. The van der Waals surface area contributed by atoms with Gasteiger partial charge in [0.15, 0.2) is 0 Å². The minimum Gasteiger partial charge on any atom is -0.369 e. The number of rotatable bonds is 3. The zero-order chi connectivity index (χ0) is 18.8. The number of benzene rings is 1. The fourth-order valence-electron chi connectivity index (χ4n) is 3.69. The molecule has 1 saturated heterocycles. The Bertz CT molecular complexity index is 1060. The van der Waals surface area contributed by atoms with Gasteiger partial charge in [0.1, 0.15) is 5.69 Å². The third-order valence-corrected chi connectivity index (χ3v) is 5.08. The van der Waals surface area contributed by atoms with Gasteiger partial charge >= 0.3 is 5.69 Å². The largest absolute Gasteiger partial charge is 0.369 e. The van der Waals surface area contributed by atoms with Crippen LogP contribution < -0.4 is 16.1 Å². The lowest BCUT2D eigenvalue weighted by molar-refractivity contribution is 0.509. The third-order valence-electron chi connectivity index (χ3n) is 5.08. The molecule has 0 spiro atoms. The van der Waals surface area contributed by atoms with Crippen LogP contribution in [0.3, 0.4) is 0 Å². The molecule has 0 bridgehead atoms. The second kappa shape index (κ2) is 7.19. The Balaban J connectivity index is 1.67. The van der Waals surface area contributed by atoms with Gasteiger partial charge < -0.3 is 9.88 Å². The highest BCUT2D eigenvalue weighted by molar-refractivity contribution is 5.64. The number of nitrogens with zero attached hydrogens (tertiary/aromatic N) is 3. The maximum Gasteiger partial charge on any atom is 0.325 e. The number of nitrogens with one attached hydrogen (secondary N) is 2. The van der Waals surface area contributed by atoms with E-state index in [2.05, 4.69) is 49.3 Å². The standard InChI is InChI=1S/C20H21N5O2/c1-13-18(10-17(24-23-13)16-11-21-20(27)22-19(16)26)25-9-5-8-15(12-25)14-6-3-2-4-7-14/h2-4,6-7,10-11,15H,5,8-9,12H2,1H3,(H2,21,22,26,27). The van der Waals surface area contributed by atoms with Crippen molar-refractivity contribution >= 4 is 5.69 Å². The van der Waals surface area contributed by atoms with Gasteiger partial charge in [-0.25, -0.2) is 4.79 Å². The number of anilines is 1. The Hall–Kier alpha value is -3.22. The van der Waals surface area contributed by atoms with Crippen LogP contribution in [0.4, 0.5) is 5.69 Å². The van der Waals surface area contributed by atoms with Crippen molar-refractivity contribution in [3.63, 3.8) is 0 Å². The Morgan fingerprint density at radius 1 is 1.15 bits per heavy atom. The van der Waals surface area contributed by atoms with Crippen molar-refractivity contribution in [2.24, 2.45) is 0 Å². The van der Waals surface area contributed by atoms with Crippen LogP contribution in [0.5, 0.6) is 0 Å². The van der Waals surface area contributed by atoms with E-state index >= 15 is 0 Å².